The molecule has 0 unspecified atom stereocenters. The lowest BCUT2D eigenvalue weighted by Gasteiger charge is -2.10. The number of carbonyl (C=O) groups is 1. The van der Waals surface area contributed by atoms with Crippen molar-refractivity contribution in [2.24, 2.45) is 5.14 Å². The fraction of sp³-hybridized carbons (Fsp3) is 0.0833. The molecule has 106 valence electrons. The number of rotatable bonds is 4. The van der Waals surface area contributed by atoms with Crippen LogP contribution in [0, 0.1) is 0 Å². The first-order valence-corrected chi connectivity index (χ1v) is 7.02. The predicted octanol–water partition coefficient (Wildman–Crippen LogP) is 1.19. The first-order valence-electron chi connectivity index (χ1n) is 5.47. The molecule has 0 bridgehead atoms. The van der Waals surface area contributed by atoms with E-state index in [4.69, 9.17) is 14.3 Å². The molecule has 1 aromatic heterocycles. The van der Waals surface area contributed by atoms with Gasteiger partial charge < -0.3 is 14.5 Å². The standard InChI is InChI=1S/C12H12N2O5S/c1-18-10-5-4-8(20(13,16)17)7-9(10)14-12(15)11-3-2-6-19-11/h2-7H,1H3,(H,14,15)(H2,13,16,17). The van der Waals surface area contributed by atoms with E-state index >= 15 is 0 Å². The molecule has 2 aromatic rings. The highest BCUT2D eigenvalue weighted by molar-refractivity contribution is 7.89. The van der Waals surface area contributed by atoms with Crippen LogP contribution in [0.4, 0.5) is 5.69 Å². The predicted molar refractivity (Wildman–Crippen MR) is 71.0 cm³/mol. The number of hydrogen-bond acceptors (Lipinski definition) is 5. The van der Waals surface area contributed by atoms with Crippen LogP contribution < -0.4 is 15.2 Å². The van der Waals surface area contributed by atoms with Gasteiger partial charge in [-0.2, -0.15) is 0 Å². The number of carbonyl (C=O) groups excluding carboxylic acids is 1. The maximum Gasteiger partial charge on any atom is 0.291 e. The molecule has 0 spiro atoms. The van der Waals surface area contributed by atoms with Gasteiger partial charge >= 0.3 is 0 Å². The zero-order valence-electron chi connectivity index (χ0n) is 10.5. The molecule has 0 aliphatic carbocycles. The van der Waals surface area contributed by atoms with Gasteiger partial charge in [0.25, 0.3) is 5.91 Å². The number of nitrogens with one attached hydrogen (secondary N) is 1. The van der Waals surface area contributed by atoms with E-state index in [1.165, 1.54) is 37.6 Å². The summed E-state index contributed by atoms with van der Waals surface area (Å²) in [4.78, 5) is 11.7. The Kier molecular flexibility index (Phi) is 3.77. The van der Waals surface area contributed by atoms with E-state index in [2.05, 4.69) is 5.32 Å². The third-order valence-corrected chi connectivity index (χ3v) is 3.40. The monoisotopic (exact) mass is 296 g/mol. The summed E-state index contributed by atoms with van der Waals surface area (Å²) >= 11 is 0. The minimum Gasteiger partial charge on any atom is -0.495 e. The van der Waals surface area contributed by atoms with Crippen LogP contribution in [0.5, 0.6) is 5.75 Å². The number of furan rings is 1. The number of anilines is 1. The van der Waals surface area contributed by atoms with Crippen LogP contribution in [0.15, 0.2) is 45.9 Å². The van der Waals surface area contributed by atoms with E-state index in [1.807, 2.05) is 0 Å². The highest BCUT2D eigenvalue weighted by atomic mass is 32.2. The smallest absolute Gasteiger partial charge is 0.291 e. The summed E-state index contributed by atoms with van der Waals surface area (Å²) in [6, 6.07) is 6.95. The second kappa shape index (κ2) is 5.35. The van der Waals surface area contributed by atoms with Gasteiger partial charge in [0.05, 0.1) is 24.0 Å². The molecule has 0 atom stereocenters. The van der Waals surface area contributed by atoms with Crippen molar-refractivity contribution in [2.45, 2.75) is 4.90 Å². The van der Waals surface area contributed by atoms with E-state index in [9.17, 15) is 13.2 Å². The Morgan fingerprint density at radius 3 is 2.65 bits per heavy atom. The number of nitrogens with two attached hydrogens (primary N) is 1. The molecule has 7 nitrogen and oxygen atoms in total. The molecule has 0 aliphatic heterocycles. The van der Waals surface area contributed by atoms with E-state index in [-0.39, 0.29) is 16.3 Å². The zero-order valence-corrected chi connectivity index (χ0v) is 11.3. The van der Waals surface area contributed by atoms with Crippen molar-refractivity contribution in [3.8, 4) is 5.75 Å². The van der Waals surface area contributed by atoms with E-state index in [0.29, 0.717) is 5.75 Å². The summed E-state index contributed by atoms with van der Waals surface area (Å²) < 4.78 is 32.6. The summed E-state index contributed by atoms with van der Waals surface area (Å²) in [7, 11) is -2.47. The summed E-state index contributed by atoms with van der Waals surface area (Å²) in [5, 5.41) is 7.54. The van der Waals surface area contributed by atoms with Crippen molar-refractivity contribution < 1.29 is 22.4 Å². The molecule has 8 heteroatoms. The molecule has 0 radical (unpaired) electrons. The molecule has 0 aliphatic rings. The molecule has 0 saturated carbocycles. The third-order valence-electron chi connectivity index (χ3n) is 2.49. The molecule has 3 N–H and O–H groups in total. The summed E-state index contributed by atoms with van der Waals surface area (Å²) in [5.74, 6) is -0.134. The van der Waals surface area contributed by atoms with Crippen LogP contribution >= 0.6 is 0 Å². The van der Waals surface area contributed by atoms with Crippen LogP contribution in [-0.2, 0) is 10.0 Å². The molecule has 1 heterocycles. The van der Waals surface area contributed by atoms with Crippen LogP contribution in [0.3, 0.4) is 0 Å². The van der Waals surface area contributed by atoms with Gasteiger partial charge in [-0.25, -0.2) is 13.6 Å². The van der Waals surface area contributed by atoms with Gasteiger partial charge in [-0.15, -0.1) is 0 Å². The van der Waals surface area contributed by atoms with Gasteiger partial charge in [0, 0.05) is 0 Å². The molecule has 1 aromatic carbocycles. The Hall–Kier alpha value is -2.32. The Morgan fingerprint density at radius 2 is 2.10 bits per heavy atom. The highest BCUT2D eigenvalue weighted by Crippen LogP contribution is 2.27. The number of primary sulfonamides is 1. The van der Waals surface area contributed by atoms with Gasteiger partial charge in [-0.1, -0.05) is 0 Å². The molecular weight excluding hydrogens is 284 g/mol. The molecule has 2 rings (SSSR count). The second-order valence-electron chi connectivity index (χ2n) is 3.84. The zero-order chi connectivity index (χ0) is 14.8. The van der Waals surface area contributed by atoms with Crippen LogP contribution in [0.25, 0.3) is 0 Å². The largest absolute Gasteiger partial charge is 0.495 e. The lowest BCUT2D eigenvalue weighted by molar-refractivity contribution is 0.0996. The summed E-state index contributed by atoms with van der Waals surface area (Å²) in [6.07, 6.45) is 1.35. The third kappa shape index (κ3) is 2.98. The van der Waals surface area contributed by atoms with Gasteiger partial charge in [0.1, 0.15) is 5.75 Å². The number of hydrogen-bond donors (Lipinski definition) is 2. The van der Waals surface area contributed by atoms with Crippen molar-refractivity contribution in [1.29, 1.82) is 0 Å². The van der Waals surface area contributed by atoms with Crippen molar-refractivity contribution >= 4 is 21.6 Å². The quantitative estimate of drug-likeness (QED) is 0.880. The topological polar surface area (TPSA) is 112 Å². The first kappa shape index (κ1) is 14.1. The Labute approximate surface area is 115 Å². The van der Waals surface area contributed by atoms with Crippen molar-refractivity contribution in [1.82, 2.24) is 0 Å². The molecule has 1 amide bonds. The van der Waals surface area contributed by atoms with Gasteiger partial charge in [0.2, 0.25) is 10.0 Å². The molecule has 20 heavy (non-hydrogen) atoms. The summed E-state index contributed by atoms with van der Waals surface area (Å²) in [5.41, 5.74) is 0.181. The number of ether oxygens (including phenoxy) is 1. The Morgan fingerprint density at radius 1 is 1.35 bits per heavy atom. The molecule has 0 saturated heterocycles. The van der Waals surface area contributed by atoms with E-state index < -0.39 is 15.9 Å². The molecule has 0 fully saturated rings. The first-order chi connectivity index (χ1) is 9.41. The van der Waals surface area contributed by atoms with Crippen LogP contribution in [-0.4, -0.2) is 21.4 Å². The van der Waals surface area contributed by atoms with Crippen LogP contribution in [0.2, 0.25) is 0 Å². The normalized spacial score (nSPS) is 11.1. The average Bonchev–Trinajstić information content (AvgIpc) is 2.91. The number of benzene rings is 1. The summed E-state index contributed by atoms with van der Waals surface area (Å²) in [6.45, 7) is 0. The van der Waals surface area contributed by atoms with Gasteiger partial charge in [0.15, 0.2) is 5.76 Å². The van der Waals surface area contributed by atoms with Crippen molar-refractivity contribution in [2.75, 3.05) is 12.4 Å². The fourth-order valence-corrected chi connectivity index (χ4v) is 2.09. The fourth-order valence-electron chi connectivity index (χ4n) is 1.55. The van der Waals surface area contributed by atoms with Crippen molar-refractivity contribution in [3.05, 3.63) is 42.4 Å². The lowest BCUT2D eigenvalue weighted by atomic mass is 10.3. The maximum absolute atomic E-state index is 11.9. The lowest BCUT2D eigenvalue weighted by Crippen LogP contribution is -2.15. The second-order valence-corrected chi connectivity index (χ2v) is 5.40. The van der Waals surface area contributed by atoms with Crippen molar-refractivity contribution in [3.63, 3.8) is 0 Å². The van der Waals surface area contributed by atoms with E-state index in [1.54, 1.807) is 6.07 Å². The Bertz CT molecular complexity index is 722. The SMILES string of the molecule is COc1ccc(S(N)(=O)=O)cc1NC(=O)c1ccco1. The maximum atomic E-state index is 11.9. The van der Waals surface area contributed by atoms with E-state index in [0.717, 1.165) is 0 Å². The van der Waals surface area contributed by atoms with Gasteiger partial charge in [-0.05, 0) is 30.3 Å². The van der Waals surface area contributed by atoms with Crippen LogP contribution in [0.1, 0.15) is 10.6 Å². The minimum absolute atomic E-state index is 0.0908. The minimum atomic E-state index is -3.87. The average molecular weight is 296 g/mol. The van der Waals surface area contributed by atoms with Gasteiger partial charge in [-0.3, -0.25) is 4.79 Å². The number of sulfonamides is 1. The Balaban J connectivity index is 2.37. The molecular formula is C12H12N2O5S. The number of amides is 1. The highest BCUT2D eigenvalue weighted by Gasteiger charge is 2.15. The number of methoxy groups -OCH3 is 1.